The minimum Gasteiger partial charge on any atom is -0.481 e. The van der Waals surface area contributed by atoms with E-state index in [-0.39, 0.29) is 6.04 Å². The highest BCUT2D eigenvalue weighted by Gasteiger charge is 2.06. The van der Waals surface area contributed by atoms with Crippen molar-refractivity contribution in [3.05, 3.63) is 29.8 Å². The van der Waals surface area contributed by atoms with Crippen molar-refractivity contribution >= 4 is 0 Å². The Morgan fingerprint density at radius 3 is 2.81 bits per heavy atom. The van der Waals surface area contributed by atoms with Crippen LogP contribution in [0.15, 0.2) is 24.3 Å². The summed E-state index contributed by atoms with van der Waals surface area (Å²) >= 11 is 0. The average molecular weight is 217 g/mol. The van der Waals surface area contributed by atoms with E-state index < -0.39 is 0 Å². The molecule has 0 saturated heterocycles. The smallest absolute Gasteiger partial charge is 0.149 e. The van der Waals surface area contributed by atoms with Crippen molar-refractivity contribution in [3.8, 4) is 17.6 Å². The van der Waals surface area contributed by atoms with E-state index in [4.69, 9.17) is 10.5 Å². The van der Waals surface area contributed by atoms with E-state index in [9.17, 15) is 0 Å². The summed E-state index contributed by atoms with van der Waals surface area (Å²) in [6.07, 6.45) is 1.83. The molecule has 1 aromatic carbocycles. The van der Waals surface area contributed by atoms with Crippen LogP contribution in [-0.2, 0) is 6.42 Å². The molecule has 0 aliphatic carbocycles. The molecule has 0 spiro atoms. The SMILES string of the molecule is CC#CCOc1ccccc1CC(N)CC. The molecular formula is C14H19NO. The summed E-state index contributed by atoms with van der Waals surface area (Å²) in [4.78, 5) is 0. The zero-order chi connectivity index (χ0) is 11.8. The third-order valence-corrected chi connectivity index (χ3v) is 2.46. The lowest BCUT2D eigenvalue weighted by Crippen LogP contribution is -2.21. The van der Waals surface area contributed by atoms with E-state index in [1.807, 2.05) is 25.1 Å². The monoisotopic (exact) mass is 217 g/mol. The molecule has 0 fully saturated rings. The molecule has 2 nitrogen and oxygen atoms in total. The van der Waals surface area contributed by atoms with Crippen LogP contribution in [0.2, 0.25) is 0 Å². The lowest BCUT2D eigenvalue weighted by atomic mass is 10.0. The molecule has 2 N–H and O–H groups in total. The second-order valence-corrected chi connectivity index (χ2v) is 3.70. The van der Waals surface area contributed by atoms with Crippen LogP contribution < -0.4 is 10.5 Å². The van der Waals surface area contributed by atoms with E-state index in [2.05, 4.69) is 24.8 Å². The van der Waals surface area contributed by atoms with Crippen molar-refractivity contribution in [2.45, 2.75) is 32.7 Å². The molecule has 0 heterocycles. The van der Waals surface area contributed by atoms with Gasteiger partial charge in [0.2, 0.25) is 0 Å². The Hall–Kier alpha value is -1.46. The fourth-order valence-corrected chi connectivity index (χ4v) is 1.43. The van der Waals surface area contributed by atoms with Crippen molar-refractivity contribution in [1.82, 2.24) is 0 Å². The van der Waals surface area contributed by atoms with Crippen LogP contribution in [0.5, 0.6) is 5.75 Å². The van der Waals surface area contributed by atoms with Gasteiger partial charge in [-0.3, -0.25) is 0 Å². The number of hydrogen-bond acceptors (Lipinski definition) is 2. The van der Waals surface area contributed by atoms with Crippen molar-refractivity contribution in [2.24, 2.45) is 5.73 Å². The summed E-state index contributed by atoms with van der Waals surface area (Å²) in [5.41, 5.74) is 7.11. The summed E-state index contributed by atoms with van der Waals surface area (Å²) in [5.74, 6) is 6.59. The molecule has 0 aromatic heterocycles. The van der Waals surface area contributed by atoms with Crippen LogP contribution >= 0.6 is 0 Å². The standard InChI is InChI=1S/C14H19NO/c1-3-5-10-16-14-9-7-6-8-12(14)11-13(15)4-2/h6-9,13H,4,10-11,15H2,1-2H3. The Morgan fingerprint density at radius 1 is 1.38 bits per heavy atom. The fourth-order valence-electron chi connectivity index (χ4n) is 1.43. The third-order valence-electron chi connectivity index (χ3n) is 2.46. The van der Waals surface area contributed by atoms with Gasteiger partial charge >= 0.3 is 0 Å². The van der Waals surface area contributed by atoms with Crippen molar-refractivity contribution in [2.75, 3.05) is 6.61 Å². The van der Waals surface area contributed by atoms with Crippen LogP contribution in [0.25, 0.3) is 0 Å². The van der Waals surface area contributed by atoms with E-state index in [0.717, 1.165) is 24.2 Å². The second kappa shape index (κ2) is 6.92. The number of ether oxygens (including phenoxy) is 1. The summed E-state index contributed by atoms with van der Waals surface area (Å²) in [5, 5.41) is 0. The molecule has 1 aromatic rings. The Morgan fingerprint density at radius 2 is 2.12 bits per heavy atom. The zero-order valence-corrected chi connectivity index (χ0v) is 9.99. The van der Waals surface area contributed by atoms with Gasteiger partial charge in [0.25, 0.3) is 0 Å². The molecule has 86 valence electrons. The van der Waals surface area contributed by atoms with E-state index in [0.29, 0.717) is 6.61 Å². The third kappa shape index (κ3) is 3.96. The predicted octanol–water partition coefficient (Wildman–Crippen LogP) is 2.37. The first-order valence-electron chi connectivity index (χ1n) is 5.63. The van der Waals surface area contributed by atoms with Gasteiger partial charge in [0, 0.05) is 6.04 Å². The van der Waals surface area contributed by atoms with Gasteiger partial charge in [-0.05, 0) is 31.4 Å². The first kappa shape index (κ1) is 12.6. The maximum atomic E-state index is 5.95. The molecule has 1 atom stereocenters. The number of rotatable bonds is 5. The zero-order valence-electron chi connectivity index (χ0n) is 9.99. The summed E-state index contributed by atoms with van der Waals surface area (Å²) in [7, 11) is 0. The van der Waals surface area contributed by atoms with Crippen LogP contribution in [-0.4, -0.2) is 12.6 Å². The van der Waals surface area contributed by atoms with E-state index in [1.54, 1.807) is 0 Å². The number of nitrogens with two attached hydrogens (primary N) is 1. The van der Waals surface area contributed by atoms with Gasteiger partial charge < -0.3 is 10.5 Å². The van der Waals surface area contributed by atoms with Crippen molar-refractivity contribution in [3.63, 3.8) is 0 Å². The topological polar surface area (TPSA) is 35.2 Å². The average Bonchev–Trinajstić information content (AvgIpc) is 2.31. The molecule has 16 heavy (non-hydrogen) atoms. The van der Waals surface area contributed by atoms with Crippen LogP contribution in [0.1, 0.15) is 25.8 Å². The highest BCUT2D eigenvalue weighted by molar-refractivity contribution is 5.34. The summed E-state index contributed by atoms with van der Waals surface area (Å²) in [6, 6.07) is 8.20. The first-order chi connectivity index (χ1) is 7.77. The van der Waals surface area contributed by atoms with E-state index >= 15 is 0 Å². The van der Waals surface area contributed by atoms with Gasteiger partial charge in [-0.25, -0.2) is 0 Å². The minimum atomic E-state index is 0.196. The molecule has 0 radical (unpaired) electrons. The Kier molecular flexibility index (Phi) is 5.45. The highest BCUT2D eigenvalue weighted by Crippen LogP contribution is 2.19. The van der Waals surface area contributed by atoms with Crippen molar-refractivity contribution in [1.29, 1.82) is 0 Å². The molecule has 0 aliphatic heterocycles. The van der Waals surface area contributed by atoms with Gasteiger partial charge in [0.15, 0.2) is 0 Å². The molecule has 2 heteroatoms. The van der Waals surface area contributed by atoms with Gasteiger partial charge in [-0.15, -0.1) is 5.92 Å². The van der Waals surface area contributed by atoms with Crippen LogP contribution in [0.3, 0.4) is 0 Å². The Labute approximate surface area is 97.8 Å². The van der Waals surface area contributed by atoms with Crippen LogP contribution in [0, 0.1) is 11.8 Å². The first-order valence-corrected chi connectivity index (χ1v) is 5.63. The van der Waals surface area contributed by atoms with Crippen molar-refractivity contribution < 1.29 is 4.74 Å². The molecule has 0 bridgehead atoms. The highest BCUT2D eigenvalue weighted by atomic mass is 16.5. The van der Waals surface area contributed by atoms with Gasteiger partial charge in [0.1, 0.15) is 12.4 Å². The Bertz CT molecular complexity index is 376. The fraction of sp³-hybridized carbons (Fsp3) is 0.429. The van der Waals surface area contributed by atoms with Gasteiger partial charge in [-0.2, -0.15) is 0 Å². The maximum Gasteiger partial charge on any atom is 0.149 e. The minimum absolute atomic E-state index is 0.196. The molecule has 0 amide bonds. The maximum absolute atomic E-state index is 5.95. The summed E-state index contributed by atoms with van der Waals surface area (Å²) in [6.45, 7) is 4.34. The molecule has 1 rings (SSSR count). The number of benzene rings is 1. The Balaban J connectivity index is 2.69. The molecule has 1 unspecified atom stereocenters. The lowest BCUT2D eigenvalue weighted by Gasteiger charge is -2.12. The lowest BCUT2D eigenvalue weighted by molar-refractivity contribution is 0.364. The van der Waals surface area contributed by atoms with Crippen LogP contribution in [0.4, 0.5) is 0 Å². The predicted molar refractivity (Wildman–Crippen MR) is 67.4 cm³/mol. The molecule has 0 aliphatic rings. The largest absolute Gasteiger partial charge is 0.481 e. The van der Waals surface area contributed by atoms with Gasteiger partial charge in [-0.1, -0.05) is 31.0 Å². The second-order valence-electron chi connectivity index (χ2n) is 3.70. The molecule has 0 saturated carbocycles. The summed E-state index contributed by atoms with van der Waals surface area (Å²) < 4.78 is 5.59. The van der Waals surface area contributed by atoms with E-state index in [1.165, 1.54) is 0 Å². The number of para-hydroxylation sites is 1. The quantitative estimate of drug-likeness (QED) is 0.768. The normalized spacial score (nSPS) is 11.4. The molecular weight excluding hydrogens is 198 g/mol. The number of hydrogen-bond donors (Lipinski definition) is 1. The van der Waals surface area contributed by atoms with Gasteiger partial charge in [0.05, 0.1) is 0 Å².